The van der Waals surface area contributed by atoms with Crippen LogP contribution in [0.3, 0.4) is 0 Å². The van der Waals surface area contributed by atoms with Crippen LogP contribution in [0.25, 0.3) is 0 Å². The zero-order chi connectivity index (χ0) is 23.7. The third-order valence-electron chi connectivity index (χ3n) is 7.75. The van der Waals surface area contributed by atoms with Gasteiger partial charge in [-0.05, 0) is 66.5 Å². The number of benzene rings is 2. The van der Waals surface area contributed by atoms with E-state index in [0.29, 0.717) is 17.5 Å². The Hall–Kier alpha value is -3.88. The van der Waals surface area contributed by atoms with E-state index < -0.39 is 28.5 Å². The van der Waals surface area contributed by atoms with Gasteiger partial charge in [0.05, 0.1) is 16.8 Å². The fourth-order valence-electron chi connectivity index (χ4n) is 6.07. The molecule has 4 aliphatic carbocycles. The number of non-ortho nitro benzene ring substituents is 1. The van der Waals surface area contributed by atoms with E-state index in [-0.39, 0.29) is 41.6 Å². The van der Waals surface area contributed by atoms with Crippen LogP contribution in [-0.4, -0.2) is 34.2 Å². The number of nitro benzene ring substituents is 1. The summed E-state index contributed by atoms with van der Waals surface area (Å²) in [5.74, 6) is -1.34. The molecular weight excluding hydrogens is 441 g/mol. The van der Waals surface area contributed by atoms with Crippen molar-refractivity contribution in [2.24, 2.45) is 35.5 Å². The summed E-state index contributed by atoms with van der Waals surface area (Å²) in [4.78, 5) is 53.0. The third kappa shape index (κ3) is 2.99. The van der Waals surface area contributed by atoms with E-state index in [0.717, 1.165) is 11.3 Å². The number of rotatable bonds is 5. The van der Waals surface area contributed by atoms with E-state index in [4.69, 9.17) is 0 Å². The summed E-state index contributed by atoms with van der Waals surface area (Å²) < 4.78 is 13.6. The monoisotopic (exact) mass is 461 g/mol. The second-order valence-corrected chi connectivity index (χ2v) is 9.41. The van der Waals surface area contributed by atoms with Crippen LogP contribution >= 0.6 is 0 Å². The molecule has 7 rings (SSSR count). The minimum absolute atomic E-state index is 0.0612. The number of carbonyl (C=O) groups is 3. The second-order valence-electron chi connectivity index (χ2n) is 9.41. The summed E-state index contributed by atoms with van der Waals surface area (Å²) >= 11 is 0. The maximum absolute atomic E-state index is 13.6. The molecule has 1 aliphatic heterocycles. The zero-order valence-corrected chi connectivity index (χ0v) is 17.9. The third-order valence-corrected chi connectivity index (χ3v) is 7.75. The normalized spacial score (nSPS) is 30.2. The summed E-state index contributed by atoms with van der Waals surface area (Å²) in [6, 6.07) is 10.3. The molecule has 0 aromatic heterocycles. The molecule has 5 aliphatic rings. The molecule has 6 atom stereocenters. The predicted octanol–water partition coefficient (Wildman–Crippen LogP) is 3.39. The Kier molecular flexibility index (Phi) is 4.45. The molecular formula is C25H20FN3O5. The highest BCUT2D eigenvalue weighted by Gasteiger charge is 2.67. The van der Waals surface area contributed by atoms with Crippen LogP contribution in [0.5, 0.6) is 0 Å². The maximum Gasteiger partial charge on any atom is 0.269 e. The number of carbonyl (C=O) groups excluding carboxylic acids is 3. The van der Waals surface area contributed by atoms with Crippen molar-refractivity contribution in [1.82, 2.24) is 4.90 Å². The molecule has 0 spiro atoms. The number of nitro groups is 1. The largest absolute Gasteiger partial charge is 0.290 e. The van der Waals surface area contributed by atoms with Crippen molar-refractivity contribution in [2.45, 2.75) is 6.42 Å². The molecule has 2 saturated carbocycles. The van der Waals surface area contributed by atoms with Crippen LogP contribution in [0.1, 0.15) is 16.8 Å². The van der Waals surface area contributed by atoms with E-state index in [1.54, 1.807) is 0 Å². The number of halogens is 1. The van der Waals surface area contributed by atoms with Crippen molar-refractivity contribution >= 4 is 29.1 Å². The van der Waals surface area contributed by atoms with Crippen LogP contribution < -0.4 is 4.90 Å². The van der Waals surface area contributed by atoms with E-state index in [2.05, 4.69) is 12.2 Å². The van der Waals surface area contributed by atoms with Gasteiger partial charge in [-0.3, -0.25) is 34.3 Å². The molecule has 2 aromatic rings. The molecule has 6 unspecified atom stereocenters. The average molecular weight is 461 g/mol. The lowest BCUT2D eigenvalue weighted by atomic mass is 9.63. The molecule has 1 saturated heterocycles. The Balaban J connectivity index is 1.32. The van der Waals surface area contributed by atoms with Crippen molar-refractivity contribution in [3.8, 4) is 0 Å². The van der Waals surface area contributed by atoms with Gasteiger partial charge in [0.25, 0.3) is 11.6 Å². The highest BCUT2D eigenvalue weighted by Crippen LogP contribution is 2.65. The topological polar surface area (TPSA) is 101 Å². The van der Waals surface area contributed by atoms with Crippen LogP contribution in [-0.2, 0) is 9.59 Å². The van der Waals surface area contributed by atoms with Gasteiger partial charge in [0.2, 0.25) is 11.8 Å². The van der Waals surface area contributed by atoms with Crippen LogP contribution in [0.15, 0.2) is 60.7 Å². The number of anilines is 1. The summed E-state index contributed by atoms with van der Waals surface area (Å²) in [6.45, 7) is -0.305. The predicted molar refractivity (Wildman–Crippen MR) is 118 cm³/mol. The highest BCUT2D eigenvalue weighted by atomic mass is 19.1. The second kappa shape index (κ2) is 7.31. The van der Waals surface area contributed by atoms with Crippen LogP contribution in [0.2, 0.25) is 0 Å². The van der Waals surface area contributed by atoms with Crippen molar-refractivity contribution in [2.75, 3.05) is 11.6 Å². The molecule has 1 heterocycles. The molecule has 2 bridgehead atoms. The van der Waals surface area contributed by atoms with E-state index in [1.807, 2.05) is 0 Å². The standard InChI is InChI=1S/C25H20FN3O5/c26-14-3-7-15(8-4-14)27(23(30)13-1-5-16(6-2-13)29(33)34)12-28-24(31)21-17-9-10-18(20-11-19(17)20)22(21)25(28)32/h1-10,17-22H,11-12H2. The molecule has 3 fully saturated rings. The zero-order valence-electron chi connectivity index (χ0n) is 17.9. The van der Waals surface area contributed by atoms with Crippen molar-refractivity contribution in [3.63, 3.8) is 0 Å². The summed E-state index contributed by atoms with van der Waals surface area (Å²) in [5, 5.41) is 11.0. The molecule has 2 aromatic carbocycles. The molecule has 0 N–H and O–H groups in total. The van der Waals surface area contributed by atoms with Crippen molar-refractivity contribution in [1.29, 1.82) is 0 Å². The Labute approximate surface area is 193 Å². The lowest BCUT2D eigenvalue weighted by molar-refractivity contribution is -0.384. The van der Waals surface area contributed by atoms with Gasteiger partial charge in [0, 0.05) is 23.4 Å². The lowest BCUT2D eigenvalue weighted by Gasteiger charge is -2.37. The Morgan fingerprint density at radius 1 is 0.971 bits per heavy atom. The maximum atomic E-state index is 13.6. The molecule has 9 heteroatoms. The number of likely N-dealkylation sites (tertiary alicyclic amines) is 1. The summed E-state index contributed by atoms with van der Waals surface area (Å²) in [5.41, 5.74) is 0.291. The molecule has 0 radical (unpaired) electrons. The van der Waals surface area contributed by atoms with Crippen molar-refractivity contribution < 1.29 is 23.7 Å². The molecule has 3 amide bonds. The quantitative estimate of drug-likeness (QED) is 0.294. The molecule has 8 nitrogen and oxygen atoms in total. The summed E-state index contributed by atoms with van der Waals surface area (Å²) in [7, 11) is 0. The van der Waals surface area contributed by atoms with Gasteiger partial charge in [-0.1, -0.05) is 12.2 Å². The first-order chi connectivity index (χ1) is 16.3. The number of amides is 3. The number of hydrogen-bond donors (Lipinski definition) is 0. The lowest BCUT2D eigenvalue weighted by Crippen LogP contribution is -2.45. The first-order valence-electron chi connectivity index (χ1n) is 11.2. The van der Waals surface area contributed by atoms with Crippen LogP contribution in [0.4, 0.5) is 15.8 Å². The Morgan fingerprint density at radius 3 is 2.06 bits per heavy atom. The van der Waals surface area contributed by atoms with E-state index >= 15 is 0 Å². The SMILES string of the molecule is O=C1C2C3C=CC(C4CC34)C2C(=O)N1CN(C(=O)c1ccc([N+](=O)[O-])cc1)c1ccc(F)cc1. The average Bonchev–Trinajstić information content (AvgIpc) is 3.63. The van der Waals surface area contributed by atoms with Crippen molar-refractivity contribution in [3.05, 3.63) is 82.2 Å². The van der Waals surface area contributed by atoms with Gasteiger partial charge >= 0.3 is 0 Å². The number of hydrogen-bond acceptors (Lipinski definition) is 5. The fraction of sp³-hybridized carbons (Fsp3) is 0.320. The minimum Gasteiger partial charge on any atom is -0.290 e. The molecule has 34 heavy (non-hydrogen) atoms. The highest BCUT2D eigenvalue weighted by molar-refractivity contribution is 6.10. The fourth-order valence-corrected chi connectivity index (χ4v) is 6.07. The van der Waals surface area contributed by atoms with Gasteiger partial charge in [-0.15, -0.1) is 0 Å². The number of allylic oxidation sites excluding steroid dienone is 2. The number of nitrogens with zero attached hydrogens (tertiary/aromatic N) is 3. The summed E-state index contributed by atoms with van der Waals surface area (Å²) in [6.07, 6.45) is 5.21. The van der Waals surface area contributed by atoms with Gasteiger partial charge in [0.1, 0.15) is 12.5 Å². The Morgan fingerprint density at radius 2 is 1.53 bits per heavy atom. The van der Waals surface area contributed by atoms with Gasteiger partial charge in [-0.2, -0.15) is 0 Å². The first kappa shape index (κ1) is 20.7. The van der Waals surface area contributed by atoms with Gasteiger partial charge < -0.3 is 0 Å². The van der Waals surface area contributed by atoms with Crippen LogP contribution in [0, 0.1) is 51.4 Å². The molecule has 172 valence electrons. The van der Waals surface area contributed by atoms with E-state index in [1.165, 1.54) is 53.4 Å². The minimum atomic E-state index is -0.567. The smallest absolute Gasteiger partial charge is 0.269 e. The Bertz CT molecular complexity index is 1220. The van der Waals surface area contributed by atoms with Gasteiger partial charge in [0.15, 0.2) is 0 Å². The first-order valence-corrected chi connectivity index (χ1v) is 11.2. The van der Waals surface area contributed by atoms with E-state index in [9.17, 15) is 28.9 Å². The number of imide groups is 1. The van der Waals surface area contributed by atoms with Gasteiger partial charge in [-0.25, -0.2) is 4.39 Å².